The first-order valence-corrected chi connectivity index (χ1v) is 2.68. The lowest BCUT2D eigenvalue weighted by Gasteiger charge is -1.84. The normalized spacial score (nSPS) is 10.5. The van der Waals surface area contributed by atoms with Crippen LogP contribution in [-0.2, 0) is 0 Å². The van der Waals surface area contributed by atoms with Crippen LogP contribution in [0, 0.1) is 0 Å². The van der Waals surface area contributed by atoms with E-state index in [0.29, 0.717) is 11.0 Å². The van der Waals surface area contributed by atoms with Crippen LogP contribution in [0.5, 0.6) is 0 Å². The molecule has 50 valence electrons. The van der Waals surface area contributed by atoms with Gasteiger partial charge in [-0.25, -0.2) is 9.97 Å². The monoisotopic (exact) mass is 138 g/mol. The number of aromatic nitrogens is 4. The van der Waals surface area contributed by atoms with Gasteiger partial charge in [0.05, 0.1) is 12.4 Å². The average molecular weight is 138 g/mol. The van der Waals surface area contributed by atoms with E-state index < -0.39 is 0 Å². The van der Waals surface area contributed by atoms with Crippen molar-refractivity contribution in [1.82, 2.24) is 20.0 Å². The van der Waals surface area contributed by atoms with E-state index >= 15 is 0 Å². The molecule has 4 nitrogen and oxygen atoms in total. The van der Waals surface area contributed by atoms with Crippen molar-refractivity contribution in [2.45, 2.75) is 0 Å². The summed E-state index contributed by atoms with van der Waals surface area (Å²) in [6, 6.07) is 0. The van der Waals surface area contributed by atoms with E-state index in [-0.39, 0.29) is 4.90 Å². The zero-order valence-electron chi connectivity index (χ0n) is 4.90. The third kappa shape index (κ3) is 0.570. The average Bonchev–Trinajstić information content (AvgIpc) is 2.34. The quantitative estimate of drug-likeness (QED) is 0.534. The minimum atomic E-state index is 0.245. The van der Waals surface area contributed by atoms with Crippen molar-refractivity contribution in [3.05, 3.63) is 18.7 Å². The molecule has 0 amide bonds. The van der Waals surface area contributed by atoms with Crippen molar-refractivity contribution >= 4 is 11.0 Å². The van der Waals surface area contributed by atoms with Crippen LogP contribution in [-0.4, -0.2) is 20.0 Å². The van der Waals surface area contributed by atoms with Crippen molar-refractivity contribution in [2.24, 2.45) is 0 Å². The Labute approximate surface area is 55.3 Å². The molecule has 2 rings (SSSR count). The van der Waals surface area contributed by atoms with Gasteiger partial charge in [-0.1, -0.05) is 9.39 Å². The first-order chi connectivity index (χ1) is 4.88. The molecule has 0 spiro atoms. The van der Waals surface area contributed by atoms with E-state index in [9.17, 15) is 4.48 Å². The Hall–Kier alpha value is -1.52. The minimum absolute atomic E-state index is 0.245. The fraction of sp³-hybridized carbons (Fsp3) is 0. The molecule has 2 aromatic rings. The Morgan fingerprint density at radius 3 is 3.10 bits per heavy atom. The lowest BCUT2D eigenvalue weighted by atomic mass is 10.5. The Kier molecular flexibility index (Phi) is 0.913. The van der Waals surface area contributed by atoms with Gasteiger partial charge < -0.3 is 0 Å². The Morgan fingerprint density at radius 2 is 2.30 bits per heavy atom. The summed E-state index contributed by atoms with van der Waals surface area (Å²) in [6.45, 7) is 0. The summed E-state index contributed by atoms with van der Waals surface area (Å²) in [6.07, 6.45) is 4.07. The fourth-order valence-electron chi connectivity index (χ4n) is 0.741. The highest BCUT2D eigenvalue weighted by molar-refractivity contribution is 5.71. The maximum absolute atomic E-state index is 12.5. The van der Waals surface area contributed by atoms with Crippen LogP contribution >= 0.6 is 0 Å². The van der Waals surface area contributed by atoms with Crippen LogP contribution in [0.1, 0.15) is 0 Å². The lowest BCUT2D eigenvalue weighted by Crippen LogP contribution is -1.83. The van der Waals surface area contributed by atoms with Crippen LogP contribution in [0.25, 0.3) is 11.0 Å². The predicted molar refractivity (Wildman–Crippen MR) is 31.8 cm³/mol. The van der Waals surface area contributed by atoms with Crippen LogP contribution in [0.2, 0.25) is 0 Å². The summed E-state index contributed by atoms with van der Waals surface area (Å²) >= 11 is 0. The molecular weight excluding hydrogens is 135 g/mol. The third-order valence-corrected chi connectivity index (χ3v) is 1.20. The van der Waals surface area contributed by atoms with E-state index in [1.807, 2.05) is 0 Å². The second-order valence-electron chi connectivity index (χ2n) is 1.80. The van der Waals surface area contributed by atoms with Gasteiger partial charge in [-0.05, 0) is 0 Å². The zero-order valence-corrected chi connectivity index (χ0v) is 4.90. The van der Waals surface area contributed by atoms with Crippen molar-refractivity contribution in [3.63, 3.8) is 0 Å². The third-order valence-electron chi connectivity index (χ3n) is 1.20. The van der Waals surface area contributed by atoms with Gasteiger partial charge in [0.25, 0.3) is 0 Å². The molecule has 0 unspecified atom stereocenters. The minimum Gasteiger partial charge on any atom is -0.242 e. The van der Waals surface area contributed by atoms with E-state index in [4.69, 9.17) is 0 Å². The molecule has 0 saturated carbocycles. The number of fused-ring (bicyclic) bond motifs is 1. The Bertz CT molecular complexity index is 355. The molecule has 0 aliphatic carbocycles. The van der Waals surface area contributed by atoms with Crippen molar-refractivity contribution in [2.75, 3.05) is 0 Å². The summed E-state index contributed by atoms with van der Waals surface area (Å²) in [5.74, 6) is 0. The highest BCUT2D eigenvalue weighted by atomic mass is 19.2. The van der Waals surface area contributed by atoms with Crippen LogP contribution < -0.4 is 0 Å². The number of hydrogen-bond acceptors (Lipinski definition) is 3. The van der Waals surface area contributed by atoms with E-state index in [1.54, 1.807) is 0 Å². The first-order valence-electron chi connectivity index (χ1n) is 2.68. The first kappa shape index (κ1) is 5.28. The summed E-state index contributed by atoms with van der Waals surface area (Å²) in [4.78, 5) is 7.65. The molecule has 0 N–H and O–H groups in total. The van der Waals surface area contributed by atoms with Crippen molar-refractivity contribution < 1.29 is 4.48 Å². The highest BCUT2D eigenvalue weighted by Crippen LogP contribution is 2.06. The van der Waals surface area contributed by atoms with Crippen molar-refractivity contribution in [3.8, 4) is 0 Å². The lowest BCUT2D eigenvalue weighted by molar-refractivity contribution is 0.332. The summed E-state index contributed by atoms with van der Waals surface area (Å²) < 4.78 is 12.5. The molecule has 0 atom stereocenters. The fourth-order valence-corrected chi connectivity index (χ4v) is 0.741. The number of rotatable bonds is 0. The van der Waals surface area contributed by atoms with Gasteiger partial charge in [-0.15, -0.1) is 5.10 Å². The largest absolute Gasteiger partial charge is 0.242 e. The van der Waals surface area contributed by atoms with E-state index in [0.717, 1.165) is 0 Å². The maximum atomic E-state index is 12.5. The molecule has 0 aliphatic heterocycles. The van der Waals surface area contributed by atoms with Gasteiger partial charge in [0.1, 0.15) is 17.4 Å². The maximum Gasteiger partial charge on any atom is 0.141 e. The SMILES string of the molecule is Fn1ncc2ncncc21. The molecule has 10 heavy (non-hydrogen) atoms. The van der Waals surface area contributed by atoms with Gasteiger partial charge in [-0.3, -0.25) is 0 Å². The van der Waals surface area contributed by atoms with Gasteiger partial charge in [0.2, 0.25) is 0 Å². The smallest absolute Gasteiger partial charge is 0.141 e. The molecular formula is C5H3FN4. The number of hydrogen-bond donors (Lipinski definition) is 0. The second-order valence-corrected chi connectivity index (χ2v) is 1.80. The Morgan fingerprint density at radius 1 is 1.40 bits per heavy atom. The number of nitrogens with zero attached hydrogens (tertiary/aromatic N) is 4. The van der Waals surface area contributed by atoms with Gasteiger partial charge in [0.15, 0.2) is 0 Å². The second kappa shape index (κ2) is 1.73. The molecule has 0 aromatic carbocycles. The van der Waals surface area contributed by atoms with Gasteiger partial charge >= 0.3 is 0 Å². The van der Waals surface area contributed by atoms with E-state index in [1.165, 1.54) is 18.7 Å². The van der Waals surface area contributed by atoms with Crippen LogP contribution in [0.3, 0.4) is 0 Å². The van der Waals surface area contributed by atoms with Crippen LogP contribution in [0.15, 0.2) is 18.7 Å². The molecule has 2 heterocycles. The van der Waals surface area contributed by atoms with E-state index in [2.05, 4.69) is 15.1 Å². The zero-order chi connectivity index (χ0) is 6.97. The molecule has 0 fully saturated rings. The van der Waals surface area contributed by atoms with Crippen LogP contribution in [0.4, 0.5) is 4.48 Å². The van der Waals surface area contributed by atoms with Gasteiger partial charge in [-0.2, -0.15) is 0 Å². The summed E-state index contributed by atoms with van der Waals surface area (Å²) in [7, 11) is 0. The molecule has 0 radical (unpaired) electrons. The molecule has 5 heteroatoms. The molecule has 0 saturated heterocycles. The summed E-state index contributed by atoms with van der Waals surface area (Å²) in [5, 5.41) is 3.34. The molecule has 2 aromatic heterocycles. The Balaban J connectivity index is 2.93. The van der Waals surface area contributed by atoms with Gasteiger partial charge in [0, 0.05) is 0 Å². The van der Waals surface area contributed by atoms with Crippen molar-refractivity contribution in [1.29, 1.82) is 0 Å². The molecule has 0 bridgehead atoms. The highest BCUT2D eigenvalue weighted by Gasteiger charge is 1.99. The predicted octanol–water partition coefficient (Wildman–Crippen LogP) is 0.559. The number of halogens is 1. The standard InChI is InChI=1S/C5H3FN4/c6-10-5-2-7-3-8-4(5)1-9-10/h1-3H. The summed E-state index contributed by atoms with van der Waals surface area (Å²) in [5.41, 5.74) is 0.806. The topological polar surface area (TPSA) is 43.6 Å². The molecule has 0 aliphatic rings.